The Kier molecular flexibility index (Phi) is 5.19. The summed E-state index contributed by atoms with van der Waals surface area (Å²) in [6.45, 7) is 4.33. The highest BCUT2D eigenvalue weighted by Crippen LogP contribution is 2.50. The molecular formula is C23H25. The van der Waals surface area contributed by atoms with Gasteiger partial charge in [-0.2, -0.15) is 0 Å². The monoisotopic (exact) mass is 301 g/mol. The van der Waals surface area contributed by atoms with Gasteiger partial charge >= 0.3 is 0 Å². The van der Waals surface area contributed by atoms with Crippen molar-refractivity contribution < 1.29 is 0 Å². The van der Waals surface area contributed by atoms with Crippen LogP contribution in [0.15, 0.2) is 42.5 Å². The van der Waals surface area contributed by atoms with Crippen molar-refractivity contribution in [3.63, 3.8) is 0 Å². The van der Waals surface area contributed by atoms with Crippen molar-refractivity contribution in [3.8, 4) is 11.8 Å². The zero-order chi connectivity index (χ0) is 16.1. The van der Waals surface area contributed by atoms with Crippen LogP contribution in [0.25, 0.3) is 0 Å². The predicted octanol–water partition coefficient (Wildman–Crippen LogP) is 5.88. The SMILES string of the molecule is CCCCCC1CC1c1ccc(C#Cc2cc[c]c(C)c2)cc1. The van der Waals surface area contributed by atoms with E-state index in [0.717, 1.165) is 28.5 Å². The van der Waals surface area contributed by atoms with Crippen LogP contribution in [-0.2, 0) is 0 Å². The van der Waals surface area contributed by atoms with Crippen LogP contribution in [-0.4, -0.2) is 0 Å². The third-order valence-electron chi connectivity index (χ3n) is 4.74. The van der Waals surface area contributed by atoms with Crippen LogP contribution < -0.4 is 0 Å². The topological polar surface area (TPSA) is 0 Å². The fraction of sp³-hybridized carbons (Fsp3) is 0.391. The van der Waals surface area contributed by atoms with Crippen LogP contribution in [0.5, 0.6) is 0 Å². The molecular weight excluding hydrogens is 276 g/mol. The summed E-state index contributed by atoms with van der Waals surface area (Å²) >= 11 is 0. The Labute approximate surface area is 140 Å². The molecule has 1 radical (unpaired) electrons. The Morgan fingerprint density at radius 1 is 1.04 bits per heavy atom. The average molecular weight is 301 g/mol. The third-order valence-corrected chi connectivity index (χ3v) is 4.74. The first-order valence-electron chi connectivity index (χ1n) is 8.86. The lowest BCUT2D eigenvalue weighted by Gasteiger charge is -2.01. The molecule has 2 aromatic carbocycles. The lowest BCUT2D eigenvalue weighted by molar-refractivity contribution is 0.610. The summed E-state index contributed by atoms with van der Waals surface area (Å²) in [5.41, 5.74) is 4.79. The van der Waals surface area contributed by atoms with Gasteiger partial charge in [0, 0.05) is 11.1 Å². The zero-order valence-corrected chi connectivity index (χ0v) is 14.2. The first-order valence-corrected chi connectivity index (χ1v) is 8.86. The summed E-state index contributed by atoms with van der Waals surface area (Å²) in [5.74, 6) is 8.24. The number of unbranched alkanes of at least 4 members (excludes halogenated alkanes) is 2. The van der Waals surface area contributed by atoms with E-state index in [0.29, 0.717) is 0 Å². The number of benzene rings is 2. The fourth-order valence-electron chi connectivity index (χ4n) is 3.25. The molecule has 2 aromatic rings. The Bertz CT molecular complexity index is 697. The molecule has 117 valence electrons. The van der Waals surface area contributed by atoms with Gasteiger partial charge in [-0.1, -0.05) is 56.2 Å². The van der Waals surface area contributed by atoms with Crippen molar-refractivity contribution in [2.75, 3.05) is 0 Å². The van der Waals surface area contributed by atoms with Crippen molar-refractivity contribution in [1.29, 1.82) is 0 Å². The average Bonchev–Trinajstić information content (AvgIpc) is 3.33. The van der Waals surface area contributed by atoms with E-state index in [-0.39, 0.29) is 0 Å². The van der Waals surface area contributed by atoms with Crippen molar-refractivity contribution in [2.24, 2.45) is 5.92 Å². The van der Waals surface area contributed by atoms with Gasteiger partial charge in [-0.25, -0.2) is 0 Å². The first-order chi connectivity index (χ1) is 11.3. The van der Waals surface area contributed by atoms with E-state index in [4.69, 9.17) is 0 Å². The minimum Gasteiger partial charge on any atom is -0.0654 e. The minimum absolute atomic E-state index is 0.807. The summed E-state index contributed by atoms with van der Waals surface area (Å²) in [5, 5.41) is 0. The maximum absolute atomic E-state index is 3.26. The Morgan fingerprint density at radius 3 is 2.57 bits per heavy atom. The van der Waals surface area contributed by atoms with Crippen LogP contribution in [0.2, 0.25) is 0 Å². The number of rotatable bonds is 5. The smallest absolute Gasteiger partial charge is 0.0252 e. The fourth-order valence-corrected chi connectivity index (χ4v) is 3.25. The highest BCUT2D eigenvalue weighted by Gasteiger charge is 2.37. The van der Waals surface area contributed by atoms with Gasteiger partial charge in [0.15, 0.2) is 0 Å². The van der Waals surface area contributed by atoms with E-state index in [1.807, 2.05) is 19.1 Å². The first kappa shape index (κ1) is 15.9. The second-order valence-corrected chi connectivity index (χ2v) is 6.73. The normalized spacial score (nSPS) is 19.0. The van der Waals surface area contributed by atoms with Gasteiger partial charge in [0.25, 0.3) is 0 Å². The van der Waals surface area contributed by atoms with E-state index in [9.17, 15) is 0 Å². The van der Waals surface area contributed by atoms with Crippen LogP contribution in [0.4, 0.5) is 0 Å². The van der Waals surface area contributed by atoms with E-state index >= 15 is 0 Å². The van der Waals surface area contributed by atoms with Crippen LogP contribution in [0.3, 0.4) is 0 Å². The highest BCUT2D eigenvalue weighted by atomic mass is 14.4. The molecule has 0 heteroatoms. The maximum atomic E-state index is 3.26. The van der Waals surface area contributed by atoms with E-state index in [1.165, 1.54) is 37.7 Å². The molecule has 2 unspecified atom stereocenters. The van der Waals surface area contributed by atoms with Crippen LogP contribution in [0.1, 0.15) is 67.2 Å². The quantitative estimate of drug-likeness (QED) is 0.478. The summed E-state index contributed by atoms with van der Waals surface area (Å²) in [7, 11) is 0. The lowest BCUT2D eigenvalue weighted by Crippen LogP contribution is -1.86. The standard InChI is InChI=1S/C23H25/c1-3-4-5-9-22-17-23(22)21-14-12-19(13-15-21)10-11-20-8-6-7-18(2)16-20/h6,8,12-16,22-23H,3-5,9,17H2,1-2H3. The van der Waals surface area contributed by atoms with Gasteiger partial charge in [-0.15, -0.1) is 0 Å². The third kappa shape index (κ3) is 4.49. The summed E-state index contributed by atoms with van der Waals surface area (Å²) in [6.07, 6.45) is 6.90. The van der Waals surface area contributed by atoms with Crippen LogP contribution in [0, 0.1) is 30.7 Å². The van der Waals surface area contributed by atoms with Gasteiger partial charge in [-0.3, -0.25) is 0 Å². The Morgan fingerprint density at radius 2 is 1.83 bits per heavy atom. The number of aryl methyl sites for hydroxylation is 1. The molecule has 1 aliphatic carbocycles. The molecule has 1 fully saturated rings. The second kappa shape index (κ2) is 7.51. The number of hydrogen-bond acceptors (Lipinski definition) is 0. The van der Waals surface area contributed by atoms with Gasteiger partial charge in [0.1, 0.15) is 0 Å². The minimum atomic E-state index is 0.807. The molecule has 0 bridgehead atoms. The van der Waals surface area contributed by atoms with Crippen molar-refractivity contribution in [3.05, 3.63) is 70.8 Å². The molecule has 23 heavy (non-hydrogen) atoms. The lowest BCUT2D eigenvalue weighted by atomic mass is 10.0. The van der Waals surface area contributed by atoms with Gasteiger partial charge in [-0.05, 0) is 73.1 Å². The second-order valence-electron chi connectivity index (χ2n) is 6.73. The molecule has 0 nitrogen and oxygen atoms in total. The van der Waals surface area contributed by atoms with Crippen LogP contribution >= 0.6 is 0 Å². The molecule has 0 heterocycles. The van der Waals surface area contributed by atoms with Gasteiger partial charge in [0.05, 0.1) is 0 Å². The molecule has 0 saturated heterocycles. The molecule has 1 aliphatic rings. The van der Waals surface area contributed by atoms with Crippen molar-refractivity contribution >= 4 is 0 Å². The maximum Gasteiger partial charge on any atom is 0.0252 e. The molecule has 1 saturated carbocycles. The molecule has 3 rings (SSSR count). The largest absolute Gasteiger partial charge is 0.0654 e. The zero-order valence-electron chi connectivity index (χ0n) is 14.2. The molecule has 0 aliphatic heterocycles. The highest BCUT2D eigenvalue weighted by molar-refractivity contribution is 5.44. The Balaban J connectivity index is 1.58. The van der Waals surface area contributed by atoms with E-state index in [1.54, 1.807) is 0 Å². The molecule has 0 aromatic heterocycles. The van der Waals surface area contributed by atoms with Gasteiger partial charge < -0.3 is 0 Å². The number of hydrogen-bond donors (Lipinski definition) is 0. The molecule has 2 atom stereocenters. The Hall–Kier alpha value is -2.00. The predicted molar refractivity (Wildman–Crippen MR) is 97.4 cm³/mol. The van der Waals surface area contributed by atoms with Crippen molar-refractivity contribution in [1.82, 2.24) is 0 Å². The summed E-state index contributed by atoms with van der Waals surface area (Å²) in [4.78, 5) is 0. The van der Waals surface area contributed by atoms with Crippen molar-refractivity contribution in [2.45, 2.75) is 51.9 Å². The molecule has 0 N–H and O–H groups in total. The molecule has 0 amide bonds. The molecule has 0 spiro atoms. The summed E-state index contributed by atoms with van der Waals surface area (Å²) < 4.78 is 0. The summed E-state index contributed by atoms with van der Waals surface area (Å²) in [6, 6.07) is 18.1. The van der Waals surface area contributed by atoms with Gasteiger partial charge in [0.2, 0.25) is 0 Å². The van der Waals surface area contributed by atoms with E-state index in [2.05, 4.69) is 55.2 Å². The van der Waals surface area contributed by atoms with E-state index < -0.39 is 0 Å².